The number of anilines is 1. The average Bonchev–Trinajstić information content (AvgIpc) is 2.92. The lowest BCUT2D eigenvalue weighted by atomic mass is 10.2. The molecule has 0 spiro atoms. The summed E-state index contributed by atoms with van der Waals surface area (Å²) >= 11 is 0. The second kappa shape index (κ2) is 9.25. The Labute approximate surface area is 145 Å². The highest BCUT2D eigenvalue weighted by atomic mass is 127. The Balaban J connectivity index is 0.00000220. The van der Waals surface area contributed by atoms with Crippen LogP contribution in [0.2, 0.25) is 0 Å². The molecule has 0 aliphatic heterocycles. The van der Waals surface area contributed by atoms with Crippen molar-refractivity contribution >= 4 is 35.6 Å². The Bertz CT molecular complexity index is 455. The molecule has 1 fully saturated rings. The van der Waals surface area contributed by atoms with Crippen molar-refractivity contribution in [2.24, 2.45) is 10.7 Å². The van der Waals surface area contributed by atoms with Gasteiger partial charge in [-0.1, -0.05) is 25.0 Å². The first kappa shape index (κ1) is 18.2. The van der Waals surface area contributed by atoms with E-state index in [4.69, 9.17) is 5.73 Å². The van der Waals surface area contributed by atoms with Crippen LogP contribution in [-0.4, -0.2) is 37.0 Å². The molecule has 1 aliphatic carbocycles. The zero-order chi connectivity index (χ0) is 14.4. The molecule has 0 unspecified atom stereocenters. The van der Waals surface area contributed by atoms with Gasteiger partial charge in [0.1, 0.15) is 0 Å². The minimum Gasteiger partial charge on any atom is -0.370 e. The number of nitrogens with two attached hydrogens (primary N) is 1. The first-order valence-corrected chi connectivity index (χ1v) is 7.49. The minimum absolute atomic E-state index is 0. The number of benzene rings is 1. The number of rotatable bonds is 5. The number of likely N-dealkylation sites (N-methyl/N-ethyl adjacent to an activating group) is 1. The molecule has 0 atom stereocenters. The summed E-state index contributed by atoms with van der Waals surface area (Å²) in [6.07, 6.45) is 5.40. The Morgan fingerprint density at radius 1 is 1.38 bits per heavy atom. The van der Waals surface area contributed by atoms with Crippen molar-refractivity contribution in [1.29, 1.82) is 0 Å². The van der Waals surface area contributed by atoms with Gasteiger partial charge in [0, 0.05) is 18.3 Å². The van der Waals surface area contributed by atoms with Gasteiger partial charge in [0.05, 0.1) is 6.54 Å². The van der Waals surface area contributed by atoms with E-state index in [9.17, 15) is 0 Å². The van der Waals surface area contributed by atoms with Crippen molar-refractivity contribution in [3.63, 3.8) is 0 Å². The van der Waals surface area contributed by atoms with Gasteiger partial charge in [0.25, 0.3) is 0 Å². The molecule has 1 aliphatic rings. The summed E-state index contributed by atoms with van der Waals surface area (Å²) in [5, 5.41) is 3.14. The number of halogens is 1. The van der Waals surface area contributed by atoms with E-state index in [1.54, 1.807) is 0 Å². The number of aliphatic imine (C=N–C) groups is 1. The predicted molar refractivity (Wildman–Crippen MR) is 102 cm³/mol. The average molecular weight is 402 g/mol. The summed E-state index contributed by atoms with van der Waals surface area (Å²) < 4.78 is 0. The topological polar surface area (TPSA) is 53.6 Å². The third-order valence-electron chi connectivity index (χ3n) is 3.97. The van der Waals surface area contributed by atoms with E-state index in [1.165, 1.54) is 31.2 Å². The largest absolute Gasteiger partial charge is 0.370 e. The van der Waals surface area contributed by atoms with Crippen LogP contribution in [0.1, 0.15) is 31.2 Å². The van der Waals surface area contributed by atoms with Gasteiger partial charge in [-0.05, 0) is 44.5 Å². The summed E-state index contributed by atoms with van der Waals surface area (Å²) in [5.41, 5.74) is 8.12. The lowest BCUT2D eigenvalue weighted by Crippen LogP contribution is -2.32. The standard InChI is InChI=1S/C16H26N4.HI/c1-13-6-5-7-14(12-13)19-16(17)18-10-11-20(2)15-8-3-4-9-15;/h5-7,12,15H,3-4,8-11H2,1-2H3,(H3,17,18,19);1H. The summed E-state index contributed by atoms with van der Waals surface area (Å²) in [6, 6.07) is 8.89. The van der Waals surface area contributed by atoms with Crippen LogP contribution in [0.15, 0.2) is 29.3 Å². The van der Waals surface area contributed by atoms with Crippen molar-refractivity contribution in [3.8, 4) is 0 Å². The molecule has 5 heteroatoms. The number of nitrogens with zero attached hydrogens (tertiary/aromatic N) is 2. The molecular weight excluding hydrogens is 375 g/mol. The fourth-order valence-corrected chi connectivity index (χ4v) is 2.77. The quantitative estimate of drug-likeness (QED) is 0.452. The normalized spacial score (nSPS) is 16.0. The fraction of sp³-hybridized carbons (Fsp3) is 0.562. The SMILES string of the molecule is Cc1cccc(NC(N)=NCCN(C)C2CCCC2)c1.I. The number of hydrogen-bond acceptors (Lipinski definition) is 2. The molecule has 21 heavy (non-hydrogen) atoms. The monoisotopic (exact) mass is 402 g/mol. The van der Waals surface area contributed by atoms with Crippen LogP contribution in [0.5, 0.6) is 0 Å². The van der Waals surface area contributed by atoms with Crippen molar-refractivity contribution in [3.05, 3.63) is 29.8 Å². The maximum absolute atomic E-state index is 5.92. The molecule has 118 valence electrons. The molecule has 1 aromatic carbocycles. The smallest absolute Gasteiger partial charge is 0.193 e. The van der Waals surface area contributed by atoms with Gasteiger partial charge in [-0.2, -0.15) is 0 Å². The van der Waals surface area contributed by atoms with E-state index in [0.717, 1.165) is 24.8 Å². The molecule has 0 aromatic heterocycles. The Morgan fingerprint density at radius 2 is 2.10 bits per heavy atom. The second-order valence-electron chi connectivity index (χ2n) is 5.68. The third kappa shape index (κ3) is 6.22. The van der Waals surface area contributed by atoms with Gasteiger partial charge in [-0.3, -0.25) is 4.99 Å². The second-order valence-corrected chi connectivity index (χ2v) is 5.68. The molecule has 1 saturated carbocycles. The molecule has 1 aromatic rings. The maximum Gasteiger partial charge on any atom is 0.193 e. The highest BCUT2D eigenvalue weighted by Gasteiger charge is 2.18. The van der Waals surface area contributed by atoms with Crippen molar-refractivity contribution < 1.29 is 0 Å². The predicted octanol–water partition coefficient (Wildman–Crippen LogP) is 3.21. The van der Waals surface area contributed by atoms with Crippen LogP contribution in [0.25, 0.3) is 0 Å². The number of guanidine groups is 1. The van der Waals surface area contributed by atoms with Gasteiger partial charge < -0.3 is 16.0 Å². The maximum atomic E-state index is 5.92. The molecule has 4 nitrogen and oxygen atoms in total. The van der Waals surface area contributed by atoms with Gasteiger partial charge >= 0.3 is 0 Å². The fourth-order valence-electron chi connectivity index (χ4n) is 2.77. The number of aryl methyl sites for hydroxylation is 1. The van der Waals surface area contributed by atoms with Crippen LogP contribution < -0.4 is 11.1 Å². The van der Waals surface area contributed by atoms with Crippen LogP contribution in [0.3, 0.4) is 0 Å². The first-order valence-electron chi connectivity index (χ1n) is 7.49. The van der Waals surface area contributed by atoms with E-state index in [0.29, 0.717) is 5.96 Å². The van der Waals surface area contributed by atoms with E-state index in [1.807, 2.05) is 12.1 Å². The lowest BCUT2D eigenvalue weighted by Gasteiger charge is -2.22. The van der Waals surface area contributed by atoms with E-state index < -0.39 is 0 Å². The minimum atomic E-state index is 0. The number of nitrogens with one attached hydrogen (secondary N) is 1. The van der Waals surface area contributed by atoms with Crippen molar-refractivity contribution in [2.45, 2.75) is 38.6 Å². The van der Waals surface area contributed by atoms with Crippen LogP contribution in [-0.2, 0) is 0 Å². The number of hydrogen-bond donors (Lipinski definition) is 2. The highest BCUT2D eigenvalue weighted by Crippen LogP contribution is 2.21. The van der Waals surface area contributed by atoms with Gasteiger partial charge in [-0.25, -0.2) is 0 Å². The van der Waals surface area contributed by atoms with E-state index >= 15 is 0 Å². The Kier molecular flexibility index (Phi) is 8.03. The van der Waals surface area contributed by atoms with Gasteiger partial charge in [0.2, 0.25) is 0 Å². The highest BCUT2D eigenvalue weighted by molar-refractivity contribution is 14.0. The molecule has 0 saturated heterocycles. The van der Waals surface area contributed by atoms with Crippen LogP contribution in [0, 0.1) is 6.92 Å². The summed E-state index contributed by atoms with van der Waals surface area (Å²) in [4.78, 5) is 6.82. The Hall–Kier alpha value is -0.820. The van der Waals surface area contributed by atoms with Crippen LogP contribution in [0.4, 0.5) is 5.69 Å². The molecule has 0 heterocycles. The molecular formula is C16H27IN4. The third-order valence-corrected chi connectivity index (χ3v) is 3.97. The zero-order valence-electron chi connectivity index (χ0n) is 13.0. The summed E-state index contributed by atoms with van der Waals surface area (Å²) in [6.45, 7) is 3.79. The molecule has 0 radical (unpaired) electrons. The lowest BCUT2D eigenvalue weighted by molar-refractivity contribution is 0.252. The van der Waals surface area contributed by atoms with E-state index in [2.05, 4.69) is 41.3 Å². The van der Waals surface area contributed by atoms with Crippen LogP contribution >= 0.6 is 24.0 Å². The summed E-state index contributed by atoms with van der Waals surface area (Å²) in [7, 11) is 2.19. The zero-order valence-corrected chi connectivity index (χ0v) is 15.3. The molecule has 0 bridgehead atoms. The van der Waals surface area contributed by atoms with Gasteiger partial charge in [-0.15, -0.1) is 24.0 Å². The van der Waals surface area contributed by atoms with Gasteiger partial charge in [0.15, 0.2) is 5.96 Å². The summed E-state index contributed by atoms with van der Waals surface area (Å²) in [5.74, 6) is 0.496. The molecule has 0 amide bonds. The van der Waals surface area contributed by atoms with Crippen molar-refractivity contribution in [1.82, 2.24) is 4.90 Å². The first-order chi connectivity index (χ1) is 9.65. The van der Waals surface area contributed by atoms with E-state index in [-0.39, 0.29) is 24.0 Å². The molecule has 3 N–H and O–H groups in total. The van der Waals surface area contributed by atoms with Crippen molar-refractivity contribution in [2.75, 3.05) is 25.5 Å². The Morgan fingerprint density at radius 3 is 2.76 bits per heavy atom. The molecule has 2 rings (SSSR count).